The van der Waals surface area contributed by atoms with E-state index in [1.807, 2.05) is 24.3 Å². The first-order valence-corrected chi connectivity index (χ1v) is 4.48. The molecule has 14 heavy (non-hydrogen) atoms. The van der Waals surface area contributed by atoms with Crippen molar-refractivity contribution in [3.8, 4) is 0 Å². The molecule has 0 atom stereocenters. The molecule has 0 radical (unpaired) electrons. The van der Waals surface area contributed by atoms with Crippen LogP contribution in [-0.4, -0.2) is 4.98 Å². The second-order valence-corrected chi connectivity index (χ2v) is 3.05. The molecule has 0 unspecified atom stereocenters. The van der Waals surface area contributed by atoms with Crippen LogP contribution in [0.3, 0.4) is 0 Å². The van der Waals surface area contributed by atoms with Gasteiger partial charge in [-0.15, -0.1) is 0 Å². The van der Waals surface area contributed by atoms with Gasteiger partial charge >= 0.3 is 0 Å². The summed E-state index contributed by atoms with van der Waals surface area (Å²) < 4.78 is 13.2. The SMILES string of the molecule is C/C=C(/F)c1cnc2ccccc2c1. The third kappa shape index (κ3) is 1.51. The lowest BCUT2D eigenvalue weighted by Gasteiger charge is -1.99. The Labute approximate surface area is 81.9 Å². The summed E-state index contributed by atoms with van der Waals surface area (Å²) in [6.45, 7) is 1.67. The second kappa shape index (κ2) is 3.58. The maximum atomic E-state index is 13.2. The minimum absolute atomic E-state index is 0.233. The van der Waals surface area contributed by atoms with Crippen molar-refractivity contribution in [2.45, 2.75) is 6.92 Å². The van der Waals surface area contributed by atoms with Crippen LogP contribution in [0.4, 0.5) is 4.39 Å². The molecule has 0 bridgehead atoms. The van der Waals surface area contributed by atoms with E-state index in [4.69, 9.17) is 0 Å². The molecule has 0 saturated carbocycles. The predicted molar refractivity (Wildman–Crippen MR) is 56.5 cm³/mol. The lowest BCUT2D eigenvalue weighted by atomic mass is 10.1. The average molecular weight is 187 g/mol. The number of rotatable bonds is 1. The van der Waals surface area contributed by atoms with E-state index < -0.39 is 0 Å². The number of halogens is 1. The second-order valence-electron chi connectivity index (χ2n) is 3.05. The van der Waals surface area contributed by atoms with E-state index in [1.165, 1.54) is 6.08 Å². The van der Waals surface area contributed by atoms with Crippen LogP contribution in [0, 0.1) is 0 Å². The van der Waals surface area contributed by atoms with Crippen molar-refractivity contribution in [2.75, 3.05) is 0 Å². The molecule has 0 N–H and O–H groups in total. The van der Waals surface area contributed by atoms with Crippen LogP contribution in [-0.2, 0) is 0 Å². The molecule has 2 rings (SSSR count). The number of aromatic nitrogens is 1. The number of para-hydroxylation sites is 1. The molecule has 1 heterocycles. The fraction of sp³-hybridized carbons (Fsp3) is 0.0833. The topological polar surface area (TPSA) is 12.9 Å². The molecule has 1 nitrogen and oxygen atoms in total. The zero-order valence-electron chi connectivity index (χ0n) is 7.87. The summed E-state index contributed by atoms with van der Waals surface area (Å²) in [6.07, 6.45) is 2.99. The Morgan fingerprint density at radius 3 is 2.93 bits per heavy atom. The Kier molecular flexibility index (Phi) is 2.27. The minimum Gasteiger partial charge on any atom is -0.256 e. The number of hydrogen-bond acceptors (Lipinski definition) is 1. The van der Waals surface area contributed by atoms with Gasteiger partial charge < -0.3 is 0 Å². The van der Waals surface area contributed by atoms with E-state index in [-0.39, 0.29) is 5.83 Å². The lowest BCUT2D eigenvalue weighted by Crippen LogP contribution is -1.83. The molecule has 2 aromatic rings. The standard InChI is InChI=1S/C12H10FN/c1-2-11(13)10-7-9-5-3-4-6-12(9)14-8-10/h2-8H,1H3/b11-2+. The molecular formula is C12H10FN. The van der Waals surface area contributed by atoms with Crippen molar-refractivity contribution in [1.29, 1.82) is 0 Å². The van der Waals surface area contributed by atoms with Gasteiger partial charge in [0.1, 0.15) is 5.83 Å². The summed E-state index contributed by atoms with van der Waals surface area (Å²) in [5.74, 6) is -0.233. The molecule has 0 aliphatic carbocycles. The molecule has 0 aliphatic rings. The van der Waals surface area contributed by atoms with E-state index >= 15 is 0 Å². The summed E-state index contributed by atoms with van der Waals surface area (Å²) in [5, 5.41) is 0.960. The Balaban J connectivity index is 2.62. The van der Waals surface area contributed by atoms with Crippen molar-refractivity contribution < 1.29 is 4.39 Å². The number of hydrogen-bond donors (Lipinski definition) is 0. The smallest absolute Gasteiger partial charge is 0.127 e. The summed E-state index contributed by atoms with van der Waals surface area (Å²) in [5.41, 5.74) is 1.42. The van der Waals surface area contributed by atoms with E-state index in [0.717, 1.165) is 10.9 Å². The molecule has 0 amide bonds. The minimum atomic E-state index is -0.233. The number of pyridine rings is 1. The summed E-state index contributed by atoms with van der Waals surface area (Å²) in [4.78, 5) is 4.17. The maximum absolute atomic E-state index is 13.2. The Morgan fingerprint density at radius 1 is 1.36 bits per heavy atom. The summed E-state index contributed by atoms with van der Waals surface area (Å²) in [7, 11) is 0. The number of benzene rings is 1. The van der Waals surface area contributed by atoms with E-state index in [1.54, 1.807) is 19.2 Å². The zero-order chi connectivity index (χ0) is 9.97. The van der Waals surface area contributed by atoms with Crippen molar-refractivity contribution in [3.05, 3.63) is 48.2 Å². The number of allylic oxidation sites excluding steroid dienone is 1. The highest BCUT2D eigenvalue weighted by molar-refractivity contribution is 5.81. The van der Waals surface area contributed by atoms with Crippen molar-refractivity contribution in [3.63, 3.8) is 0 Å². The molecule has 0 fully saturated rings. The maximum Gasteiger partial charge on any atom is 0.127 e. The predicted octanol–water partition coefficient (Wildman–Crippen LogP) is 3.57. The molecule has 1 aromatic carbocycles. The lowest BCUT2D eigenvalue weighted by molar-refractivity contribution is 0.758. The summed E-state index contributed by atoms with van der Waals surface area (Å²) >= 11 is 0. The van der Waals surface area contributed by atoms with Crippen molar-refractivity contribution >= 4 is 16.7 Å². The molecular weight excluding hydrogens is 177 g/mol. The summed E-state index contributed by atoms with van der Waals surface area (Å²) in [6, 6.07) is 9.47. The first-order chi connectivity index (χ1) is 6.81. The van der Waals surface area contributed by atoms with Crippen LogP contribution < -0.4 is 0 Å². The largest absolute Gasteiger partial charge is 0.256 e. The monoisotopic (exact) mass is 187 g/mol. The van der Waals surface area contributed by atoms with Gasteiger partial charge in [-0.2, -0.15) is 0 Å². The van der Waals surface area contributed by atoms with E-state index in [2.05, 4.69) is 4.98 Å². The highest BCUT2D eigenvalue weighted by Crippen LogP contribution is 2.19. The van der Waals surface area contributed by atoms with Crippen molar-refractivity contribution in [2.24, 2.45) is 0 Å². The van der Waals surface area contributed by atoms with Gasteiger partial charge in [-0.1, -0.05) is 24.3 Å². The number of nitrogens with zero attached hydrogens (tertiary/aromatic N) is 1. The fourth-order valence-electron chi connectivity index (χ4n) is 1.37. The third-order valence-corrected chi connectivity index (χ3v) is 2.12. The van der Waals surface area contributed by atoms with Gasteiger partial charge in [0.2, 0.25) is 0 Å². The van der Waals surface area contributed by atoms with Crippen LogP contribution in [0.25, 0.3) is 16.7 Å². The van der Waals surface area contributed by atoms with Gasteiger partial charge in [0, 0.05) is 17.1 Å². The van der Waals surface area contributed by atoms with Crippen LogP contribution in [0.15, 0.2) is 42.6 Å². The van der Waals surface area contributed by atoms with E-state index in [0.29, 0.717) is 5.56 Å². The Morgan fingerprint density at radius 2 is 2.14 bits per heavy atom. The van der Waals surface area contributed by atoms with Gasteiger partial charge in [-0.25, -0.2) is 4.39 Å². The van der Waals surface area contributed by atoms with Crippen LogP contribution in [0.1, 0.15) is 12.5 Å². The highest BCUT2D eigenvalue weighted by atomic mass is 19.1. The van der Waals surface area contributed by atoms with Gasteiger partial charge in [0.15, 0.2) is 0 Å². The Bertz CT molecular complexity index is 488. The third-order valence-electron chi connectivity index (χ3n) is 2.12. The molecule has 0 aliphatic heterocycles. The van der Waals surface area contributed by atoms with Gasteiger partial charge in [0.05, 0.1) is 5.52 Å². The molecule has 1 aromatic heterocycles. The van der Waals surface area contributed by atoms with Gasteiger partial charge in [-0.05, 0) is 19.1 Å². The first-order valence-electron chi connectivity index (χ1n) is 4.48. The fourth-order valence-corrected chi connectivity index (χ4v) is 1.37. The van der Waals surface area contributed by atoms with Gasteiger partial charge in [0.25, 0.3) is 0 Å². The Hall–Kier alpha value is -1.70. The molecule has 0 saturated heterocycles. The van der Waals surface area contributed by atoms with Crippen LogP contribution in [0.5, 0.6) is 0 Å². The van der Waals surface area contributed by atoms with Gasteiger partial charge in [-0.3, -0.25) is 4.98 Å². The quantitative estimate of drug-likeness (QED) is 0.665. The molecule has 0 spiro atoms. The zero-order valence-corrected chi connectivity index (χ0v) is 7.87. The van der Waals surface area contributed by atoms with E-state index in [9.17, 15) is 4.39 Å². The normalized spacial score (nSPS) is 12.0. The van der Waals surface area contributed by atoms with Crippen molar-refractivity contribution in [1.82, 2.24) is 4.98 Å². The highest BCUT2D eigenvalue weighted by Gasteiger charge is 2.00. The molecule has 2 heteroatoms. The molecule has 70 valence electrons. The average Bonchev–Trinajstić information content (AvgIpc) is 2.27. The van der Waals surface area contributed by atoms with Crippen LogP contribution >= 0.6 is 0 Å². The van der Waals surface area contributed by atoms with Crippen LogP contribution in [0.2, 0.25) is 0 Å². The number of fused-ring (bicyclic) bond motifs is 1. The first kappa shape index (κ1) is 8.88.